The Balaban J connectivity index is 2.01. The minimum atomic E-state index is -0.923. The average molecular weight is 405 g/mol. The maximum Gasteiger partial charge on any atom is 0.303 e. The first-order chi connectivity index (χ1) is 13.3. The minimum Gasteiger partial charge on any atom is -0.481 e. The quantitative estimate of drug-likeness (QED) is 0.325. The van der Waals surface area contributed by atoms with Crippen LogP contribution in [0.2, 0.25) is 0 Å². The van der Waals surface area contributed by atoms with Crippen molar-refractivity contribution in [3.05, 3.63) is 12.2 Å². The molecular formula is C21H28N2O4S. The summed E-state index contributed by atoms with van der Waals surface area (Å²) in [6, 6.07) is 2.31. The lowest BCUT2D eigenvalue weighted by Gasteiger charge is -2.21. The summed E-state index contributed by atoms with van der Waals surface area (Å²) in [5.74, 6) is 5.25. The number of hydrogen-bond donors (Lipinski definition) is 3. The Hall–Kier alpha value is -1.80. The van der Waals surface area contributed by atoms with E-state index in [1.54, 1.807) is 13.0 Å². The maximum atomic E-state index is 10.6. The van der Waals surface area contributed by atoms with Crippen LogP contribution in [0.4, 0.5) is 0 Å². The highest BCUT2D eigenvalue weighted by atomic mass is 32.2. The summed E-state index contributed by atoms with van der Waals surface area (Å²) in [6.07, 6.45) is 4.39. The summed E-state index contributed by atoms with van der Waals surface area (Å²) >= 11 is 1.50. The van der Waals surface area contributed by atoms with E-state index >= 15 is 0 Å². The molecule has 7 heteroatoms. The van der Waals surface area contributed by atoms with Crippen LogP contribution in [0.3, 0.4) is 0 Å². The lowest BCUT2D eigenvalue weighted by Crippen LogP contribution is -2.27. The standard InChI is InChI=1S/C21H28N2O4S/c1-3-4-6-14(2)17(24)9-8-15-16-11-19(28-10-5-7-20(26)27)23-21(16,13-22)12-18(15)25/h8-9,14-18,24-25H,5-7,10-12H2,1-2H3,(H,26,27). The summed E-state index contributed by atoms with van der Waals surface area (Å²) in [4.78, 5) is 15.2. The number of nitrogens with zero attached hydrogens (tertiary/aromatic N) is 2. The Morgan fingerprint density at radius 1 is 1.54 bits per heavy atom. The molecule has 0 bridgehead atoms. The number of carboxylic acids is 1. The zero-order valence-electron chi connectivity index (χ0n) is 16.3. The van der Waals surface area contributed by atoms with E-state index in [2.05, 4.69) is 22.9 Å². The van der Waals surface area contributed by atoms with Gasteiger partial charge in [0, 0.05) is 37.5 Å². The molecular weight excluding hydrogens is 376 g/mol. The fourth-order valence-electron chi connectivity index (χ4n) is 3.82. The van der Waals surface area contributed by atoms with Gasteiger partial charge in [-0.05, 0) is 25.0 Å². The van der Waals surface area contributed by atoms with Crippen LogP contribution in [0.15, 0.2) is 17.1 Å². The van der Waals surface area contributed by atoms with Gasteiger partial charge in [0.15, 0.2) is 5.54 Å². The molecule has 6 nitrogen and oxygen atoms in total. The maximum absolute atomic E-state index is 10.6. The summed E-state index contributed by atoms with van der Waals surface area (Å²) < 4.78 is 0. The van der Waals surface area contributed by atoms with E-state index in [4.69, 9.17) is 5.11 Å². The predicted octanol–water partition coefficient (Wildman–Crippen LogP) is 2.61. The number of carbonyl (C=O) groups is 1. The number of rotatable bonds is 8. The highest BCUT2D eigenvalue weighted by Crippen LogP contribution is 2.50. The Labute approximate surface area is 170 Å². The molecule has 1 heterocycles. The number of aliphatic hydroxyl groups excluding tert-OH is 2. The van der Waals surface area contributed by atoms with Gasteiger partial charge in [-0.2, -0.15) is 5.26 Å². The topological polar surface area (TPSA) is 114 Å². The van der Waals surface area contributed by atoms with Crippen molar-refractivity contribution in [3.8, 4) is 17.9 Å². The van der Waals surface area contributed by atoms with Gasteiger partial charge in [0.05, 0.1) is 23.3 Å². The highest BCUT2D eigenvalue weighted by molar-refractivity contribution is 8.13. The van der Waals surface area contributed by atoms with E-state index < -0.39 is 23.7 Å². The van der Waals surface area contributed by atoms with Crippen molar-refractivity contribution in [2.75, 3.05) is 5.75 Å². The molecule has 0 aromatic carbocycles. The molecule has 1 aliphatic heterocycles. The summed E-state index contributed by atoms with van der Waals surface area (Å²) in [6.45, 7) is 3.69. The summed E-state index contributed by atoms with van der Waals surface area (Å²) in [5, 5.41) is 40.1. The van der Waals surface area contributed by atoms with E-state index in [9.17, 15) is 20.3 Å². The Kier molecular flexibility index (Phi) is 8.12. The van der Waals surface area contributed by atoms with Crippen LogP contribution in [-0.4, -0.2) is 49.8 Å². The normalized spacial score (nSPS) is 30.8. The van der Waals surface area contributed by atoms with Gasteiger partial charge in [-0.25, -0.2) is 0 Å². The van der Waals surface area contributed by atoms with Crippen LogP contribution >= 0.6 is 11.8 Å². The minimum absolute atomic E-state index is 0.0110. The molecule has 0 radical (unpaired) electrons. The van der Waals surface area contributed by atoms with Crippen molar-refractivity contribution in [1.82, 2.24) is 0 Å². The first-order valence-corrected chi connectivity index (χ1v) is 10.6. The van der Waals surface area contributed by atoms with E-state index in [1.165, 1.54) is 11.8 Å². The average Bonchev–Trinajstić information content (AvgIpc) is 3.13. The highest BCUT2D eigenvalue weighted by Gasteiger charge is 2.56. The van der Waals surface area contributed by atoms with E-state index in [1.807, 2.05) is 13.0 Å². The first-order valence-electron chi connectivity index (χ1n) is 9.61. The Morgan fingerprint density at radius 2 is 2.29 bits per heavy atom. The van der Waals surface area contributed by atoms with E-state index in [0.717, 1.165) is 5.04 Å². The smallest absolute Gasteiger partial charge is 0.303 e. The number of aliphatic hydroxyl groups is 2. The van der Waals surface area contributed by atoms with Gasteiger partial charge in [-0.15, -0.1) is 23.6 Å². The summed E-state index contributed by atoms with van der Waals surface area (Å²) in [7, 11) is 0. The second-order valence-corrected chi connectivity index (χ2v) is 8.70. The second kappa shape index (κ2) is 10.1. The number of thioether (sulfide) groups is 1. The van der Waals surface area contributed by atoms with Crippen LogP contribution < -0.4 is 0 Å². The number of nitriles is 1. The van der Waals surface area contributed by atoms with Crippen molar-refractivity contribution in [1.29, 1.82) is 5.26 Å². The fourth-order valence-corrected chi connectivity index (χ4v) is 4.87. The molecule has 28 heavy (non-hydrogen) atoms. The van der Waals surface area contributed by atoms with Crippen LogP contribution in [0, 0.1) is 40.9 Å². The molecule has 6 unspecified atom stereocenters. The number of fused-ring (bicyclic) bond motifs is 1. The lowest BCUT2D eigenvalue weighted by molar-refractivity contribution is -0.137. The fraction of sp³-hybridized carbons (Fsp3) is 0.667. The first kappa shape index (κ1) is 22.5. The summed E-state index contributed by atoms with van der Waals surface area (Å²) in [5.41, 5.74) is -0.923. The number of aliphatic imine (C=N–C) groups is 1. The molecule has 0 amide bonds. The van der Waals surface area contributed by atoms with Crippen LogP contribution in [-0.2, 0) is 4.79 Å². The van der Waals surface area contributed by atoms with Gasteiger partial charge >= 0.3 is 5.97 Å². The third-order valence-electron chi connectivity index (χ3n) is 5.47. The van der Waals surface area contributed by atoms with Gasteiger partial charge in [-0.1, -0.05) is 19.1 Å². The van der Waals surface area contributed by atoms with Crippen molar-refractivity contribution in [3.63, 3.8) is 0 Å². The molecule has 1 saturated carbocycles. The zero-order chi connectivity index (χ0) is 20.7. The van der Waals surface area contributed by atoms with Gasteiger partial charge in [0.25, 0.3) is 0 Å². The van der Waals surface area contributed by atoms with Crippen molar-refractivity contribution in [2.45, 2.75) is 63.7 Å². The predicted molar refractivity (Wildman–Crippen MR) is 110 cm³/mol. The Morgan fingerprint density at radius 3 is 2.93 bits per heavy atom. The second-order valence-electron chi connectivity index (χ2n) is 7.53. The van der Waals surface area contributed by atoms with Gasteiger partial charge < -0.3 is 15.3 Å². The van der Waals surface area contributed by atoms with E-state index in [0.29, 0.717) is 25.0 Å². The number of hydrogen-bond acceptors (Lipinski definition) is 6. The number of aliphatic carboxylic acids is 1. The monoisotopic (exact) mass is 404 g/mol. The molecule has 0 aromatic heterocycles. The molecule has 0 aromatic rings. The molecule has 2 aliphatic rings. The molecule has 6 atom stereocenters. The van der Waals surface area contributed by atoms with Crippen LogP contribution in [0.5, 0.6) is 0 Å². The third kappa shape index (κ3) is 5.38. The Bertz CT molecular complexity index is 733. The molecule has 1 aliphatic carbocycles. The lowest BCUT2D eigenvalue weighted by atomic mass is 9.84. The molecule has 0 spiro atoms. The molecule has 3 N–H and O–H groups in total. The molecule has 2 rings (SSSR count). The molecule has 152 valence electrons. The van der Waals surface area contributed by atoms with Gasteiger partial charge in [-0.3, -0.25) is 9.79 Å². The van der Waals surface area contributed by atoms with E-state index in [-0.39, 0.29) is 30.6 Å². The van der Waals surface area contributed by atoms with Crippen molar-refractivity contribution in [2.24, 2.45) is 22.7 Å². The SMILES string of the molecule is CC#CCC(C)C(O)C=CC1C(O)CC2(C#N)N=C(SCCCC(=O)O)CC12. The molecule has 1 fully saturated rings. The van der Waals surface area contributed by atoms with Crippen LogP contribution in [0.1, 0.15) is 46.0 Å². The molecule has 0 saturated heterocycles. The van der Waals surface area contributed by atoms with Gasteiger partial charge in [0.1, 0.15) is 0 Å². The third-order valence-corrected chi connectivity index (χ3v) is 6.56. The number of carboxylic acid groups (broad SMARTS) is 1. The largest absolute Gasteiger partial charge is 0.481 e. The van der Waals surface area contributed by atoms with Crippen LogP contribution in [0.25, 0.3) is 0 Å². The van der Waals surface area contributed by atoms with Crippen molar-refractivity contribution < 1.29 is 20.1 Å². The zero-order valence-corrected chi connectivity index (χ0v) is 17.2. The van der Waals surface area contributed by atoms with Gasteiger partial charge in [0.2, 0.25) is 0 Å². The van der Waals surface area contributed by atoms with Crippen molar-refractivity contribution >= 4 is 22.8 Å².